The maximum atomic E-state index is 13.1. The molecule has 0 unspecified atom stereocenters. The van der Waals surface area contributed by atoms with E-state index >= 15 is 0 Å². The molecule has 3 aromatic rings. The number of benzene rings is 2. The van der Waals surface area contributed by atoms with Crippen LogP contribution in [0.15, 0.2) is 56.6 Å². The number of carbonyl (C=O) groups excluding carboxylic acids is 1. The highest BCUT2D eigenvalue weighted by molar-refractivity contribution is 7.89. The van der Waals surface area contributed by atoms with Gasteiger partial charge in [-0.3, -0.25) is 9.36 Å². The number of fused-ring (bicyclic) bond motifs is 1. The number of amides is 1. The third-order valence-electron chi connectivity index (χ3n) is 6.04. The second-order valence-electron chi connectivity index (χ2n) is 8.20. The molecule has 33 heavy (non-hydrogen) atoms. The Bertz CT molecular complexity index is 1310. The minimum Gasteiger partial charge on any atom is -0.408 e. The molecule has 1 aliphatic rings. The molecule has 8 nitrogen and oxygen atoms in total. The highest BCUT2D eigenvalue weighted by Gasteiger charge is 2.30. The van der Waals surface area contributed by atoms with Crippen molar-refractivity contribution < 1.29 is 22.0 Å². The van der Waals surface area contributed by atoms with Gasteiger partial charge in [-0.2, -0.15) is 4.31 Å². The molecule has 1 aromatic heterocycles. The molecule has 2 aromatic carbocycles. The Labute approximate surface area is 191 Å². The lowest BCUT2D eigenvalue weighted by molar-refractivity contribution is -0.122. The summed E-state index contributed by atoms with van der Waals surface area (Å²) in [5, 5.41) is 2.83. The monoisotopic (exact) mass is 475 g/mol. The molecule has 0 saturated carbocycles. The lowest BCUT2D eigenvalue weighted by Crippen LogP contribution is -2.39. The van der Waals surface area contributed by atoms with E-state index in [1.165, 1.54) is 33.1 Å². The van der Waals surface area contributed by atoms with Crippen LogP contribution in [0.4, 0.5) is 4.39 Å². The summed E-state index contributed by atoms with van der Waals surface area (Å²) < 4.78 is 47.2. The number of nitrogens with zero attached hydrogens (tertiary/aromatic N) is 2. The Morgan fingerprint density at radius 3 is 2.52 bits per heavy atom. The summed E-state index contributed by atoms with van der Waals surface area (Å²) in [5.41, 5.74) is 1.62. The number of hydrogen-bond acceptors (Lipinski definition) is 5. The van der Waals surface area contributed by atoms with Gasteiger partial charge in [0.1, 0.15) is 5.82 Å². The number of piperidine rings is 1. The number of aryl methyl sites for hydroxylation is 1. The van der Waals surface area contributed by atoms with Crippen LogP contribution in [-0.2, 0) is 27.9 Å². The SMILES string of the molecule is CCn1c(=O)oc2cc(S(=O)(=O)N3CCC(CC(=O)NCc4ccc(F)cc4)CC3)ccc21. The standard InChI is InChI=1S/C23H26FN3O5S/c1-2-27-20-8-7-19(14-21(20)32-23(27)29)33(30,31)26-11-9-16(10-12-26)13-22(28)25-15-17-3-5-18(24)6-4-17/h3-8,14,16H,2,9-13,15H2,1H3,(H,25,28). The van der Waals surface area contributed by atoms with Gasteiger partial charge >= 0.3 is 5.76 Å². The first-order valence-electron chi connectivity index (χ1n) is 10.9. The van der Waals surface area contributed by atoms with Gasteiger partial charge in [-0.1, -0.05) is 12.1 Å². The molecule has 2 heterocycles. The first-order valence-corrected chi connectivity index (χ1v) is 12.4. The minimum atomic E-state index is -3.73. The second kappa shape index (κ2) is 9.48. The van der Waals surface area contributed by atoms with E-state index in [2.05, 4.69) is 5.32 Å². The third kappa shape index (κ3) is 5.01. The van der Waals surface area contributed by atoms with Crippen molar-refractivity contribution in [1.82, 2.24) is 14.2 Å². The van der Waals surface area contributed by atoms with Crippen molar-refractivity contribution in [2.24, 2.45) is 5.92 Å². The Hall–Kier alpha value is -2.98. The number of nitrogens with one attached hydrogen (secondary N) is 1. The maximum Gasteiger partial charge on any atom is 0.419 e. The average molecular weight is 476 g/mol. The molecule has 1 fully saturated rings. The van der Waals surface area contributed by atoms with Gasteiger partial charge in [0.05, 0.1) is 10.4 Å². The number of hydrogen-bond donors (Lipinski definition) is 1. The Morgan fingerprint density at radius 2 is 1.85 bits per heavy atom. The van der Waals surface area contributed by atoms with Gasteiger partial charge in [0.15, 0.2) is 5.58 Å². The number of aromatic nitrogens is 1. The molecule has 176 valence electrons. The number of rotatable bonds is 7. The Balaban J connectivity index is 1.34. The maximum absolute atomic E-state index is 13.1. The van der Waals surface area contributed by atoms with Gasteiger partial charge in [0.2, 0.25) is 15.9 Å². The van der Waals surface area contributed by atoms with Gasteiger partial charge in [0.25, 0.3) is 0 Å². The second-order valence-corrected chi connectivity index (χ2v) is 10.1. The van der Waals surface area contributed by atoms with Gasteiger partial charge in [0, 0.05) is 38.7 Å². The molecule has 4 rings (SSSR count). The van der Waals surface area contributed by atoms with Crippen molar-refractivity contribution in [2.45, 2.75) is 44.2 Å². The predicted octanol–water partition coefficient (Wildman–Crippen LogP) is 2.86. The average Bonchev–Trinajstić information content (AvgIpc) is 3.13. The number of carbonyl (C=O) groups is 1. The van der Waals surface area contributed by atoms with Crippen LogP contribution in [0.5, 0.6) is 0 Å². The van der Waals surface area contributed by atoms with Crippen LogP contribution in [0.2, 0.25) is 0 Å². The highest BCUT2D eigenvalue weighted by atomic mass is 32.2. The molecular weight excluding hydrogens is 449 g/mol. The van der Waals surface area contributed by atoms with E-state index in [1.54, 1.807) is 18.2 Å². The van der Waals surface area contributed by atoms with Crippen LogP contribution < -0.4 is 11.1 Å². The van der Waals surface area contributed by atoms with E-state index in [0.717, 1.165) is 5.56 Å². The molecule has 0 radical (unpaired) electrons. The molecule has 0 aliphatic carbocycles. The zero-order valence-electron chi connectivity index (χ0n) is 18.3. The third-order valence-corrected chi connectivity index (χ3v) is 7.94. The summed E-state index contributed by atoms with van der Waals surface area (Å²) in [6.07, 6.45) is 1.47. The van der Waals surface area contributed by atoms with E-state index < -0.39 is 15.8 Å². The molecular formula is C23H26FN3O5S. The summed E-state index contributed by atoms with van der Waals surface area (Å²) in [6.45, 7) is 3.20. The van der Waals surface area contributed by atoms with E-state index in [9.17, 15) is 22.4 Å². The summed E-state index contributed by atoms with van der Waals surface area (Å²) in [4.78, 5) is 24.2. The summed E-state index contributed by atoms with van der Waals surface area (Å²) >= 11 is 0. The molecule has 10 heteroatoms. The van der Waals surface area contributed by atoms with E-state index in [0.29, 0.717) is 51.0 Å². The molecule has 1 saturated heterocycles. The molecule has 1 aliphatic heterocycles. The van der Waals surface area contributed by atoms with Crippen LogP contribution >= 0.6 is 0 Å². The predicted molar refractivity (Wildman–Crippen MR) is 120 cm³/mol. The Kier molecular flexibility index (Phi) is 6.66. The van der Waals surface area contributed by atoms with Crippen LogP contribution in [-0.4, -0.2) is 36.3 Å². The van der Waals surface area contributed by atoms with Crippen molar-refractivity contribution in [3.63, 3.8) is 0 Å². The van der Waals surface area contributed by atoms with Crippen molar-refractivity contribution in [1.29, 1.82) is 0 Å². The van der Waals surface area contributed by atoms with E-state index in [-0.39, 0.29) is 28.1 Å². The lowest BCUT2D eigenvalue weighted by atomic mass is 9.94. The largest absolute Gasteiger partial charge is 0.419 e. The summed E-state index contributed by atoms with van der Waals surface area (Å²) in [6, 6.07) is 10.4. The fourth-order valence-electron chi connectivity index (χ4n) is 4.15. The van der Waals surface area contributed by atoms with Crippen molar-refractivity contribution in [2.75, 3.05) is 13.1 Å². The van der Waals surface area contributed by atoms with Crippen molar-refractivity contribution in [3.8, 4) is 0 Å². The molecule has 0 bridgehead atoms. The Morgan fingerprint density at radius 1 is 1.15 bits per heavy atom. The number of oxazole rings is 1. The normalized spacial score (nSPS) is 15.7. The van der Waals surface area contributed by atoms with Crippen LogP contribution in [0, 0.1) is 11.7 Å². The number of sulfonamides is 1. The van der Waals surface area contributed by atoms with Gasteiger partial charge < -0.3 is 9.73 Å². The molecule has 0 spiro atoms. The smallest absolute Gasteiger partial charge is 0.408 e. The van der Waals surface area contributed by atoms with E-state index in [1.807, 2.05) is 6.92 Å². The van der Waals surface area contributed by atoms with Gasteiger partial charge in [-0.05, 0) is 55.5 Å². The van der Waals surface area contributed by atoms with E-state index in [4.69, 9.17) is 4.42 Å². The fraction of sp³-hybridized carbons (Fsp3) is 0.391. The van der Waals surface area contributed by atoms with Crippen LogP contribution in [0.3, 0.4) is 0 Å². The summed E-state index contributed by atoms with van der Waals surface area (Å²) in [5.74, 6) is -0.860. The highest BCUT2D eigenvalue weighted by Crippen LogP contribution is 2.27. The quantitative estimate of drug-likeness (QED) is 0.566. The van der Waals surface area contributed by atoms with Gasteiger partial charge in [-0.15, -0.1) is 0 Å². The first-order chi connectivity index (χ1) is 15.8. The van der Waals surface area contributed by atoms with Crippen molar-refractivity contribution >= 4 is 27.0 Å². The van der Waals surface area contributed by atoms with Crippen LogP contribution in [0.1, 0.15) is 31.7 Å². The van der Waals surface area contributed by atoms with Gasteiger partial charge in [-0.25, -0.2) is 17.6 Å². The zero-order valence-corrected chi connectivity index (χ0v) is 19.1. The minimum absolute atomic E-state index is 0.0856. The first kappa shape index (κ1) is 23.2. The topological polar surface area (TPSA) is 102 Å². The molecule has 0 atom stereocenters. The number of halogens is 1. The van der Waals surface area contributed by atoms with Crippen molar-refractivity contribution in [3.05, 3.63) is 64.4 Å². The molecule has 1 amide bonds. The lowest BCUT2D eigenvalue weighted by Gasteiger charge is -2.31. The fourth-order valence-corrected chi connectivity index (χ4v) is 5.63. The van der Waals surface area contributed by atoms with Crippen LogP contribution in [0.25, 0.3) is 11.1 Å². The molecule has 1 N–H and O–H groups in total. The summed E-state index contributed by atoms with van der Waals surface area (Å²) in [7, 11) is -3.73. The zero-order chi connectivity index (χ0) is 23.6.